The molecule has 0 aliphatic heterocycles. The highest BCUT2D eigenvalue weighted by Gasteiger charge is 2.28. The van der Waals surface area contributed by atoms with Gasteiger partial charge in [0.1, 0.15) is 28.7 Å². The van der Waals surface area contributed by atoms with E-state index in [1.807, 2.05) is 0 Å². The Morgan fingerprint density at radius 2 is 1.80 bits per heavy atom. The van der Waals surface area contributed by atoms with Crippen LogP contribution in [-0.4, -0.2) is 32.4 Å². The summed E-state index contributed by atoms with van der Waals surface area (Å²) < 4.78 is 42.4. The van der Waals surface area contributed by atoms with Gasteiger partial charge in [-0.3, -0.25) is 14.8 Å². The van der Waals surface area contributed by atoms with E-state index in [-0.39, 0.29) is 58.4 Å². The van der Waals surface area contributed by atoms with Crippen molar-refractivity contribution in [1.82, 2.24) is 14.9 Å². The van der Waals surface area contributed by atoms with Gasteiger partial charge in [0.15, 0.2) is 11.6 Å². The molecule has 0 unspecified atom stereocenters. The largest absolute Gasteiger partial charge is 0.444 e. The molecular formula is C29H35F2N5O4. The average molecular weight is 556 g/mol. The molecule has 1 N–H and O–H groups in total. The normalized spacial score (nSPS) is 11.9. The molecule has 0 saturated carbocycles. The maximum atomic E-state index is 15.4. The number of nitrogens with one attached hydrogen (secondary N) is 1. The summed E-state index contributed by atoms with van der Waals surface area (Å²) in [5, 5.41) is 10.8. The highest BCUT2D eigenvalue weighted by atomic mass is 19.2. The zero-order valence-electron chi connectivity index (χ0n) is 24.1. The fourth-order valence-electron chi connectivity index (χ4n) is 4.05. The monoisotopic (exact) mass is 555 g/mol. The first kappa shape index (κ1) is 30.5. The molecule has 11 heteroatoms. The van der Waals surface area contributed by atoms with Crippen molar-refractivity contribution in [3.05, 3.63) is 58.3 Å². The third-order valence-corrected chi connectivity index (χ3v) is 5.60. The van der Waals surface area contributed by atoms with Crippen molar-refractivity contribution in [1.29, 1.82) is 0 Å². The molecule has 0 saturated heterocycles. The van der Waals surface area contributed by atoms with Crippen molar-refractivity contribution in [2.75, 3.05) is 5.32 Å². The third-order valence-electron chi connectivity index (χ3n) is 5.60. The molecule has 0 atom stereocenters. The summed E-state index contributed by atoms with van der Waals surface area (Å²) in [5.74, 6) is -2.48. The van der Waals surface area contributed by atoms with Gasteiger partial charge in [0, 0.05) is 24.1 Å². The molecule has 0 radical (unpaired) electrons. The number of ether oxygens (including phenoxy) is 1. The molecule has 3 aromatic rings. The molecule has 214 valence electrons. The lowest BCUT2D eigenvalue weighted by molar-refractivity contribution is -0.118. The number of hydrogen-bond donors (Lipinski definition) is 1. The van der Waals surface area contributed by atoms with Crippen molar-refractivity contribution in [3.8, 4) is 11.3 Å². The minimum Gasteiger partial charge on any atom is -0.444 e. The van der Waals surface area contributed by atoms with Gasteiger partial charge in [0.25, 0.3) is 5.69 Å². The Morgan fingerprint density at radius 3 is 2.38 bits per heavy atom. The van der Waals surface area contributed by atoms with E-state index in [1.54, 1.807) is 40.7 Å². The first-order valence-electron chi connectivity index (χ1n) is 12.9. The lowest BCUT2D eigenvalue weighted by atomic mass is 9.90. The van der Waals surface area contributed by atoms with Crippen LogP contribution in [0.15, 0.2) is 22.7 Å². The van der Waals surface area contributed by atoms with Gasteiger partial charge in [0.2, 0.25) is 0 Å². The molecule has 40 heavy (non-hydrogen) atoms. The van der Waals surface area contributed by atoms with Gasteiger partial charge >= 0.3 is 6.09 Å². The maximum absolute atomic E-state index is 15.4. The van der Waals surface area contributed by atoms with Gasteiger partial charge in [0.05, 0.1) is 18.7 Å². The van der Waals surface area contributed by atoms with Crippen LogP contribution >= 0.6 is 0 Å². The first-order chi connectivity index (χ1) is 18.5. The minimum absolute atomic E-state index is 0.00574. The number of ketones is 1. The highest BCUT2D eigenvalue weighted by Crippen LogP contribution is 2.40. The molecule has 3 rings (SSSR count). The third kappa shape index (κ3) is 7.52. The summed E-state index contributed by atoms with van der Waals surface area (Å²) in [7, 11) is 0. The van der Waals surface area contributed by atoms with E-state index in [4.69, 9.17) is 15.8 Å². The van der Waals surface area contributed by atoms with Crippen LogP contribution in [-0.2, 0) is 28.8 Å². The summed E-state index contributed by atoms with van der Waals surface area (Å²) in [6, 6.07) is 3.93. The predicted octanol–water partition coefficient (Wildman–Crippen LogP) is 7.24. The Morgan fingerprint density at radius 1 is 1.12 bits per heavy atom. The second-order valence-electron chi connectivity index (χ2n) is 12.1. The summed E-state index contributed by atoms with van der Waals surface area (Å²) in [6.07, 6.45) is -0.621. The Labute approximate surface area is 232 Å². The Bertz CT molecular complexity index is 1450. The molecule has 0 aliphatic carbocycles. The number of halogens is 2. The maximum Gasteiger partial charge on any atom is 0.412 e. The topological polar surface area (TPSA) is 104 Å². The predicted molar refractivity (Wildman–Crippen MR) is 146 cm³/mol. The minimum atomic E-state index is -1.25. The zero-order chi connectivity index (χ0) is 30.0. The molecule has 1 amide bonds. The SMILES string of the molecule is [C-]#[N+]c1c(-c2ccc(CC(=O)Cc3cc(CC(C)(C)C)no3)c(F)c2F)nn(C(C)C)c1NC(=O)OC(C)(C)C. The fraction of sp³-hybridized carbons (Fsp3) is 0.483. The van der Waals surface area contributed by atoms with Crippen LogP contribution in [0.25, 0.3) is 16.1 Å². The van der Waals surface area contributed by atoms with Crippen LogP contribution in [0.1, 0.15) is 78.4 Å². The Hall–Kier alpha value is -4.07. The van der Waals surface area contributed by atoms with Gasteiger partial charge in [-0.2, -0.15) is 5.10 Å². The standard InChI is InChI=1S/C29H35F2N5O4/c1-16(2)36-26(33-27(38)39-29(6,7)8)25(32-9)24(34-36)21-11-10-17(22(30)23(21)31)12-19(37)14-20-13-18(35-40-20)15-28(3,4)5/h10-11,13,16H,12,14-15H2,1-8H3,(H,33,38). The van der Waals surface area contributed by atoms with E-state index in [0.717, 1.165) is 0 Å². The number of anilines is 1. The number of Topliss-reactive ketones (excluding diaryl/α,β-unsaturated/α-hetero) is 1. The summed E-state index contributed by atoms with van der Waals surface area (Å²) in [5.41, 5.74) is -0.804. The van der Waals surface area contributed by atoms with Crippen LogP contribution in [0.3, 0.4) is 0 Å². The summed E-state index contributed by atoms with van der Waals surface area (Å²) in [4.78, 5) is 28.5. The number of amides is 1. The van der Waals surface area contributed by atoms with Crippen molar-refractivity contribution >= 4 is 23.4 Å². The number of hydrogen-bond acceptors (Lipinski definition) is 6. The van der Waals surface area contributed by atoms with E-state index in [1.165, 1.54) is 16.8 Å². The molecule has 0 aliphatic rings. The first-order valence-corrected chi connectivity index (χ1v) is 12.9. The quantitative estimate of drug-likeness (QED) is 0.294. The van der Waals surface area contributed by atoms with Gasteiger partial charge in [-0.05, 0) is 52.0 Å². The number of nitrogens with zero attached hydrogens (tertiary/aromatic N) is 4. The van der Waals surface area contributed by atoms with E-state index < -0.39 is 23.3 Å². The van der Waals surface area contributed by atoms with Crippen LogP contribution in [0.2, 0.25) is 0 Å². The van der Waals surface area contributed by atoms with E-state index in [2.05, 4.69) is 41.2 Å². The molecular weight excluding hydrogens is 520 g/mol. The number of aromatic nitrogens is 3. The van der Waals surface area contributed by atoms with Crippen molar-refractivity contribution in [3.63, 3.8) is 0 Å². The number of benzene rings is 1. The van der Waals surface area contributed by atoms with E-state index in [9.17, 15) is 9.59 Å². The van der Waals surface area contributed by atoms with E-state index >= 15 is 8.78 Å². The van der Waals surface area contributed by atoms with Gasteiger partial charge in [-0.25, -0.2) is 18.4 Å². The van der Waals surface area contributed by atoms with Crippen LogP contribution in [0.4, 0.5) is 25.1 Å². The average Bonchev–Trinajstić information content (AvgIpc) is 3.38. The van der Waals surface area contributed by atoms with Crippen molar-refractivity contribution in [2.24, 2.45) is 5.41 Å². The van der Waals surface area contributed by atoms with Crippen molar-refractivity contribution < 1.29 is 27.6 Å². The molecule has 0 bridgehead atoms. The highest BCUT2D eigenvalue weighted by molar-refractivity contribution is 5.93. The number of carbonyl (C=O) groups excluding carboxylic acids is 2. The second kappa shape index (κ2) is 11.6. The van der Waals surface area contributed by atoms with E-state index in [0.29, 0.717) is 17.9 Å². The van der Waals surface area contributed by atoms with Crippen LogP contribution < -0.4 is 5.32 Å². The zero-order valence-corrected chi connectivity index (χ0v) is 24.1. The summed E-state index contributed by atoms with van der Waals surface area (Å²) in [6.45, 7) is 22.4. The van der Waals surface area contributed by atoms with Crippen LogP contribution in [0.5, 0.6) is 0 Å². The Balaban J connectivity index is 1.87. The summed E-state index contributed by atoms with van der Waals surface area (Å²) >= 11 is 0. The van der Waals surface area contributed by atoms with Crippen molar-refractivity contribution in [2.45, 2.75) is 86.3 Å². The smallest absolute Gasteiger partial charge is 0.412 e. The molecule has 2 aromatic heterocycles. The molecule has 9 nitrogen and oxygen atoms in total. The lowest BCUT2D eigenvalue weighted by Crippen LogP contribution is -2.28. The second-order valence-corrected chi connectivity index (χ2v) is 12.1. The molecule has 2 heterocycles. The molecule has 0 spiro atoms. The van der Waals surface area contributed by atoms with Gasteiger partial charge in [-0.15, -0.1) is 0 Å². The van der Waals surface area contributed by atoms with Crippen LogP contribution in [0, 0.1) is 23.6 Å². The number of rotatable bonds is 8. The van der Waals surface area contributed by atoms with Gasteiger partial charge in [-0.1, -0.05) is 38.1 Å². The molecule has 1 aromatic carbocycles. The fourth-order valence-corrected chi connectivity index (χ4v) is 4.05. The number of carbonyl (C=O) groups is 2. The lowest BCUT2D eigenvalue weighted by Gasteiger charge is -2.20. The molecule has 0 fully saturated rings. The van der Waals surface area contributed by atoms with Gasteiger partial charge < -0.3 is 9.26 Å². The Kier molecular flexibility index (Phi) is 8.82.